The molecule has 5 atom stereocenters. The Morgan fingerprint density at radius 3 is 2.47 bits per heavy atom. The van der Waals surface area contributed by atoms with Crippen molar-refractivity contribution in [2.75, 3.05) is 6.54 Å². The highest BCUT2D eigenvalue weighted by Gasteiger charge is 2.51. The summed E-state index contributed by atoms with van der Waals surface area (Å²) in [7, 11) is 0. The second-order valence-corrected chi connectivity index (χ2v) is 5.33. The molecule has 17 heavy (non-hydrogen) atoms. The second-order valence-electron chi connectivity index (χ2n) is 5.33. The largest absolute Gasteiger partial charge is 0.390 e. The van der Waals surface area contributed by atoms with Crippen molar-refractivity contribution in [1.29, 1.82) is 0 Å². The third-order valence-electron chi connectivity index (χ3n) is 4.42. The standard InChI is InChI=1S/C14H19NO2/c1-9(10-5-3-2-4-6-10)15-8-11-7-12(15)14(17)13(11)16/h2-6,9,11-14,16-17H,7-8H2,1H3/t9-,11?,12?,13?,14?/m1/s1. The van der Waals surface area contributed by atoms with E-state index in [2.05, 4.69) is 24.0 Å². The summed E-state index contributed by atoms with van der Waals surface area (Å²) in [4.78, 5) is 2.33. The molecule has 2 fully saturated rings. The minimum Gasteiger partial charge on any atom is -0.390 e. The van der Waals surface area contributed by atoms with Gasteiger partial charge in [-0.1, -0.05) is 30.3 Å². The number of aliphatic hydroxyl groups is 2. The highest BCUT2D eigenvalue weighted by atomic mass is 16.3. The minimum absolute atomic E-state index is 0.130. The molecular weight excluding hydrogens is 214 g/mol. The molecule has 1 saturated heterocycles. The predicted octanol–water partition coefficient (Wildman–Crippen LogP) is 1.17. The van der Waals surface area contributed by atoms with Crippen molar-refractivity contribution < 1.29 is 10.2 Å². The van der Waals surface area contributed by atoms with Crippen LogP contribution in [0.4, 0.5) is 0 Å². The number of benzene rings is 1. The molecule has 1 aromatic carbocycles. The van der Waals surface area contributed by atoms with E-state index in [0.29, 0.717) is 6.04 Å². The molecule has 0 amide bonds. The first-order valence-electron chi connectivity index (χ1n) is 6.35. The summed E-state index contributed by atoms with van der Waals surface area (Å²) in [5.41, 5.74) is 1.28. The summed E-state index contributed by atoms with van der Waals surface area (Å²) < 4.78 is 0. The number of likely N-dealkylation sites (tertiary alicyclic amines) is 1. The summed E-state index contributed by atoms with van der Waals surface area (Å²) in [6.07, 6.45) is -0.154. The number of hydrogen-bond acceptors (Lipinski definition) is 3. The van der Waals surface area contributed by atoms with Crippen LogP contribution in [-0.2, 0) is 0 Å². The molecule has 2 N–H and O–H groups in total. The zero-order valence-electron chi connectivity index (χ0n) is 10.0. The first kappa shape index (κ1) is 11.2. The van der Waals surface area contributed by atoms with Crippen LogP contribution in [0.3, 0.4) is 0 Å². The Kier molecular flexibility index (Phi) is 2.69. The zero-order chi connectivity index (χ0) is 12.0. The van der Waals surface area contributed by atoms with Gasteiger partial charge in [0.05, 0.1) is 12.2 Å². The van der Waals surface area contributed by atoms with Crippen molar-refractivity contribution in [1.82, 2.24) is 4.90 Å². The molecule has 1 aliphatic carbocycles. The van der Waals surface area contributed by atoms with Gasteiger partial charge in [-0.3, -0.25) is 4.90 Å². The molecule has 1 aliphatic heterocycles. The van der Waals surface area contributed by atoms with E-state index >= 15 is 0 Å². The molecule has 3 rings (SSSR count). The molecule has 0 aromatic heterocycles. The van der Waals surface area contributed by atoms with Crippen LogP contribution in [0.15, 0.2) is 30.3 Å². The number of hydrogen-bond donors (Lipinski definition) is 2. The third-order valence-corrected chi connectivity index (χ3v) is 4.42. The Bertz CT molecular complexity index is 392. The van der Waals surface area contributed by atoms with Gasteiger partial charge in [-0.15, -0.1) is 0 Å². The highest BCUT2D eigenvalue weighted by molar-refractivity contribution is 5.20. The van der Waals surface area contributed by atoms with Gasteiger partial charge in [0.25, 0.3) is 0 Å². The summed E-state index contributed by atoms with van der Waals surface area (Å²) in [6.45, 7) is 3.08. The molecular formula is C14H19NO2. The van der Waals surface area contributed by atoms with Gasteiger partial charge in [0.1, 0.15) is 0 Å². The van der Waals surface area contributed by atoms with Crippen molar-refractivity contribution in [2.24, 2.45) is 5.92 Å². The summed E-state index contributed by atoms with van der Waals surface area (Å²) in [5, 5.41) is 19.7. The fourth-order valence-electron chi connectivity index (χ4n) is 3.38. The quantitative estimate of drug-likeness (QED) is 0.806. The maximum Gasteiger partial charge on any atom is 0.0957 e. The molecule has 4 unspecified atom stereocenters. The average Bonchev–Trinajstić information content (AvgIpc) is 2.91. The normalized spacial score (nSPS) is 38.5. The van der Waals surface area contributed by atoms with Crippen molar-refractivity contribution in [3.63, 3.8) is 0 Å². The van der Waals surface area contributed by atoms with Gasteiger partial charge in [0.2, 0.25) is 0 Å². The van der Waals surface area contributed by atoms with E-state index in [4.69, 9.17) is 0 Å². The van der Waals surface area contributed by atoms with Crippen LogP contribution in [0, 0.1) is 5.92 Å². The van der Waals surface area contributed by atoms with E-state index in [9.17, 15) is 10.2 Å². The molecule has 3 nitrogen and oxygen atoms in total. The predicted molar refractivity (Wildman–Crippen MR) is 65.5 cm³/mol. The topological polar surface area (TPSA) is 43.7 Å². The maximum atomic E-state index is 9.96. The van der Waals surface area contributed by atoms with Gasteiger partial charge in [-0.25, -0.2) is 0 Å². The van der Waals surface area contributed by atoms with E-state index < -0.39 is 12.2 Å². The average molecular weight is 233 g/mol. The maximum absolute atomic E-state index is 9.96. The van der Waals surface area contributed by atoms with E-state index in [1.807, 2.05) is 18.2 Å². The molecule has 92 valence electrons. The lowest BCUT2D eigenvalue weighted by atomic mass is 10.00. The first-order chi connectivity index (χ1) is 8.18. The lowest BCUT2D eigenvalue weighted by Gasteiger charge is -2.37. The lowest BCUT2D eigenvalue weighted by Crippen LogP contribution is -2.49. The van der Waals surface area contributed by atoms with Crippen molar-refractivity contribution in [2.45, 2.75) is 37.6 Å². The van der Waals surface area contributed by atoms with E-state index in [0.717, 1.165) is 13.0 Å². The number of aliphatic hydroxyl groups excluding tert-OH is 2. The zero-order valence-corrected chi connectivity index (χ0v) is 10.0. The van der Waals surface area contributed by atoms with Gasteiger partial charge in [0, 0.05) is 24.5 Å². The Labute approximate surface area is 102 Å². The van der Waals surface area contributed by atoms with Gasteiger partial charge >= 0.3 is 0 Å². The molecule has 0 spiro atoms. The summed E-state index contributed by atoms with van der Waals surface area (Å²) in [6, 6.07) is 10.8. The summed E-state index contributed by atoms with van der Waals surface area (Å²) >= 11 is 0. The van der Waals surface area contributed by atoms with Gasteiger partial charge < -0.3 is 10.2 Å². The molecule has 2 aliphatic rings. The molecule has 1 heterocycles. The van der Waals surface area contributed by atoms with Gasteiger partial charge in [-0.05, 0) is 18.9 Å². The molecule has 1 saturated carbocycles. The molecule has 3 heteroatoms. The number of rotatable bonds is 2. The van der Waals surface area contributed by atoms with Crippen LogP contribution in [-0.4, -0.2) is 39.9 Å². The SMILES string of the molecule is C[C@H](c1ccccc1)N1CC2CC1C(O)C2O. The Balaban J connectivity index is 1.79. The van der Waals surface area contributed by atoms with Crippen molar-refractivity contribution in [3.8, 4) is 0 Å². The van der Waals surface area contributed by atoms with Crippen LogP contribution in [0.5, 0.6) is 0 Å². The molecule has 1 aromatic rings. The van der Waals surface area contributed by atoms with Gasteiger partial charge in [-0.2, -0.15) is 0 Å². The van der Waals surface area contributed by atoms with E-state index in [1.54, 1.807) is 0 Å². The Morgan fingerprint density at radius 2 is 1.88 bits per heavy atom. The monoisotopic (exact) mass is 233 g/mol. The third kappa shape index (κ3) is 1.69. The van der Waals surface area contributed by atoms with Crippen molar-refractivity contribution in [3.05, 3.63) is 35.9 Å². The summed E-state index contributed by atoms with van der Waals surface area (Å²) in [5.74, 6) is 0.251. The lowest BCUT2D eigenvalue weighted by molar-refractivity contribution is -0.0535. The molecule has 0 radical (unpaired) electrons. The van der Waals surface area contributed by atoms with Crippen molar-refractivity contribution >= 4 is 0 Å². The van der Waals surface area contributed by atoms with Crippen LogP contribution in [0.25, 0.3) is 0 Å². The van der Waals surface area contributed by atoms with Crippen LogP contribution < -0.4 is 0 Å². The Morgan fingerprint density at radius 1 is 1.18 bits per heavy atom. The molecule has 2 bridgehead atoms. The van der Waals surface area contributed by atoms with E-state index in [1.165, 1.54) is 5.56 Å². The van der Waals surface area contributed by atoms with Crippen LogP contribution >= 0.6 is 0 Å². The Hall–Kier alpha value is -0.900. The second kappa shape index (κ2) is 4.09. The number of fused-ring (bicyclic) bond motifs is 2. The number of piperidine rings is 1. The van der Waals surface area contributed by atoms with Crippen LogP contribution in [0.2, 0.25) is 0 Å². The fraction of sp³-hybridized carbons (Fsp3) is 0.571. The first-order valence-corrected chi connectivity index (χ1v) is 6.35. The smallest absolute Gasteiger partial charge is 0.0957 e. The highest BCUT2D eigenvalue weighted by Crippen LogP contribution is 2.42. The minimum atomic E-state index is -0.570. The van der Waals surface area contributed by atoms with Crippen LogP contribution in [0.1, 0.15) is 24.9 Å². The van der Waals surface area contributed by atoms with Gasteiger partial charge in [0.15, 0.2) is 0 Å². The fourth-order valence-corrected chi connectivity index (χ4v) is 3.38. The number of nitrogens with zero attached hydrogens (tertiary/aromatic N) is 1. The van der Waals surface area contributed by atoms with E-state index in [-0.39, 0.29) is 12.0 Å².